The van der Waals surface area contributed by atoms with Crippen molar-refractivity contribution in [2.45, 2.75) is 52.7 Å². The Balaban J connectivity index is 2.27. The number of halogens is 1. The number of hydrogen-bond acceptors (Lipinski definition) is 6. The van der Waals surface area contributed by atoms with E-state index in [0.717, 1.165) is 0 Å². The molecule has 7 nitrogen and oxygen atoms in total. The molecule has 0 aliphatic carbocycles. The van der Waals surface area contributed by atoms with Gasteiger partial charge in [0, 0.05) is 30.3 Å². The van der Waals surface area contributed by atoms with Crippen LogP contribution in [0.4, 0.5) is 4.79 Å². The number of rotatable bonds is 10. The smallest absolute Gasteiger partial charge is 0.410 e. The minimum atomic E-state index is -0.945. The van der Waals surface area contributed by atoms with E-state index >= 15 is 0 Å². The van der Waals surface area contributed by atoms with E-state index in [1.54, 1.807) is 38.1 Å². The van der Waals surface area contributed by atoms with E-state index in [-0.39, 0.29) is 25.3 Å². The average Bonchev–Trinajstić information content (AvgIpc) is 2.60. The first-order valence-corrected chi connectivity index (χ1v) is 9.29. The lowest BCUT2D eigenvalue weighted by Gasteiger charge is -2.21. The fourth-order valence-electron chi connectivity index (χ4n) is 1.94. The maximum Gasteiger partial charge on any atom is 0.410 e. The number of ether oxygens (including phenoxy) is 3. The fourth-order valence-corrected chi connectivity index (χ4v) is 2.07. The summed E-state index contributed by atoms with van der Waals surface area (Å²) in [7, 11) is 0. The Labute approximate surface area is 164 Å². The molecule has 0 heterocycles. The standard InChI is InChI=1S/C19H26ClNO6/c1-4-6-16(22)26-18(13(2)3)27-19(24)21-12-5-7-17(23)25-15-10-8-14(20)9-11-15/h8-11,13,18H,4-7,12H2,1-3H3,(H,21,24)/t18-/m1/s1. The summed E-state index contributed by atoms with van der Waals surface area (Å²) in [4.78, 5) is 35.1. The normalized spacial score (nSPS) is 11.6. The molecule has 1 aromatic rings. The Hall–Kier alpha value is -2.28. The van der Waals surface area contributed by atoms with Crippen molar-refractivity contribution in [3.05, 3.63) is 29.3 Å². The first kappa shape index (κ1) is 22.8. The van der Waals surface area contributed by atoms with Gasteiger partial charge >= 0.3 is 18.0 Å². The fraction of sp³-hybridized carbons (Fsp3) is 0.526. The van der Waals surface area contributed by atoms with Gasteiger partial charge in [-0.15, -0.1) is 0 Å². The monoisotopic (exact) mass is 399 g/mol. The zero-order chi connectivity index (χ0) is 20.2. The van der Waals surface area contributed by atoms with Crippen LogP contribution in [0.15, 0.2) is 24.3 Å². The predicted molar refractivity (Wildman–Crippen MR) is 100 cm³/mol. The second kappa shape index (κ2) is 12.2. The molecule has 27 heavy (non-hydrogen) atoms. The summed E-state index contributed by atoms with van der Waals surface area (Å²) in [5, 5.41) is 3.08. The summed E-state index contributed by atoms with van der Waals surface area (Å²) in [6, 6.07) is 6.45. The van der Waals surface area contributed by atoms with E-state index in [2.05, 4.69) is 5.32 Å². The van der Waals surface area contributed by atoms with Crippen molar-refractivity contribution < 1.29 is 28.6 Å². The molecule has 1 aromatic carbocycles. The van der Waals surface area contributed by atoms with Gasteiger partial charge in [0.1, 0.15) is 5.75 Å². The van der Waals surface area contributed by atoms with Gasteiger partial charge < -0.3 is 19.5 Å². The number of amides is 1. The Bertz CT molecular complexity index is 617. The van der Waals surface area contributed by atoms with Crippen LogP contribution in [0.1, 0.15) is 46.5 Å². The van der Waals surface area contributed by atoms with Crippen molar-refractivity contribution in [3.8, 4) is 5.75 Å². The van der Waals surface area contributed by atoms with Gasteiger partial charge in [0.05, 0.1) is 0 Å². The third-order valence-electron chi connectivity index (χ3n) is 3.34. The van der Waals surface area contributed by atoms with Crippen LogP contribution in [0.3, 0.4) is 0 Å². The Morgan fingerprint density at radius 3 is 2.30 bits per heavy atom. The molecule has 0 aliphatic heterocycles. The lowest BCUT2D eigenvalue weighted by Crippen LogP contribution is -2.35. The molecule has 0 aromatic heterocycles. The second-order valence-electron chi connectivity index (χ2n) is 6.22. The summed E-state index contributed by atoms with van der Waals surface area (Å²) in [5.74, 6) is -0.591. The highest BCUT2D eigenvalue weighted by atomic mass is 35.5. The highest BCUT2D eigenvalue weighted by Gasteiger charge is 2.22. The van der Waals surface area contributed by atoms with E-state index in [4.69, 9.17) is 25.8 Å². The van der Waals surface area contributed by atoms with Crippen molar-refractivity contribution in [1.82, 2.24) is 5.32 Å². The lowest BCUT2D eigenvalue weighted by molar-refractivity contribution is -0.175. The molecule has 0 radical (unpaired) electrons. The maximum atomic E-state index is 11.8. The first-order chi connectivity index (χ1) is 12.8. The summed E-state index contributed by atoms with van der Waals surface area (Å²) < 4.78 is 15.4. The molecule has 0 bridgehead atoms. The molecular weight excluding hydrogens is 374 g/mol. The van der Waals surface area contributed by atoms with Crippen LogP contribution in [0.2, 0.25) is 5.02 Å². The molecule has 1 rings (SSSR count). The molecular formula is C19H26ClNO6. The van der Waals surface area contributed by atoms with Gasteiger partial charge in [-0.2, -0.15) is 0 Å². The van der Waals surface area contributed by atoms with Gasteiger partial charge in [-0.3, -0.25) is 9.59 Å². The van der Waals surface area contributed by atoms with Crippen molar-refractivity contribution in [1.29, 1.82) is 0 Å². The number of benzene rings is 1. The van der Waals surface area contributed by atoms with Crippen LogP contribution in [0.25, 0.3) is 0 Å². The number of hydrogen-bond donors (Lipinski definition) is 1. The van der Waals surface area contributed by atoms with E-state index in [9.17, 15) is 14.4 Å². The van der Waals surface area contributed by atoms with Gasteiger partial charge in [-0.05, 0) is 37.1 Å². The average molecular weight is 400 g/mol. The Kier molecular flexibility index (Phi) is 10.3. The van der Waals surface area contributed by atoms with Gasteiger partial charge in [-0.1, -0.05) is 32.4 Å². The Morgan fingerprint density at radius 1 is 1.04 bits per heavy atom. The van der Waals surface area contributed by atoms with Crippen molar-refractivity contribution in [2.24, 2.45) is 5.92 Å². The minimum Gasteiger partial charge on any atom is -0.427 e. The lowest BCUT2D eigenvalue weighted by atomic mass is 10.2. The number of carbonyl (C=O) groups excluding carboxylic acids is 3. The van der Waals surface area contributed by atoms with Gasteiger partial charge in [0.2, 0.25) is 0 Å². The minimum absolute atomic E-state index is 0.127. The number of alkyl carbamates (subject to hydrolysis) is 1. The largest absolute Gasteiger partial charge is 0.427 e. The molecule has 8 heteroatoms. The van der Waals surface area contributed by atoms with Crippen molar-refractivity contribution in [3.63, 3.8) is 0 Å². The maximum absolute atomic E-state index is 11.8. The topological polar surface area (TPSA) is 90.9 Å². The summed E-state index contributed by atoms with van der Waals surface area (Å²) in [6.07, 6.45) is -0.222. The summed E-state index contributed by atoms with van der Waals surface area (Å²) in [5.41, 5.74) is 0. The second-order valence-corrected chi connectivity index (χ2v) is 6.65. The molecule has 0 saturated heterocycles. The van der Waals surface area contributed by atoms with Crippen molar-refractivity contribution in [2.75, 3.05) is 6.54 Å². The third kappa shape index (κ3) is 9.84. The van der Waals surface area contributed by atoms with Crippen molar-refractivity contribution >= 4 is 29.6 Å². The van der Waals surface area contributed by atoms with Gasteiger partial charge in [-0.25, -0.2) is 4.79 Å². The van der Waals surface area contributed by atoms with Crippen LogP contribution in [0, 0.1) is 5.92 Å². The van der Waals surface area contributed by atoms with E-state index in [1.807, 2.05) is 6.92 Å². The van der Waals surface area contributed by atoms with E-state index < -0.39 is 24.3 Å². The zero-order valence-electron chi connectivity index (χ0n) is 15.8. The number of esters is 2. The SMILES string of the molecule is CCCC(=O)O[C@H](OC(=O)NCCCC(=O)Oc1ccc(Cl)cc1)C(C)C. The van der Waals surface area contributed by atoms with E-state index in [0.29, 0.717) is 23.6 Å². The van der Waals surface area contributed by atoms with Crippen LogP contribution in [0.5, 0.6) is 5.75 Å². The molecule has 150 valence electrons. The molecule has 0 saturated carbocycles. The molecule has 0 spiro atoms. The predicted octanol–water partition coefficient (Wildman–Crippen LogP) is 4.08. The molecule has 1 N–H and O–H groups in total. The quantitative estimate of drug-likeness (QED) is 0.276. The van der Waals surface area contributed by atoms with E-state index in [1.165, 1.54) is 0 Å². The number of nitrogens with one attached hydrogen (secondary N) is 1. The molecule has 0 aliphatic rings. The first-order valence-electron chi connectivity index (χ1n) is 8.92. The van der Waals surface area contributed by atoms with Crippen LogP contribution in [-0.2, 0) is 19.1 Å². The molecule has 0 fully saturated rings. The summed E-state index contributed by atoms with van der Waals surface area (Å²) >= 11 is 5.76. The van der Waals surface area contributed by atoms with Crippen LogP contribution < -0.4 is 10.1 Å². The molecule has 0 unspecified atom stereocenters. The zero-order valence-corrected chi connectivity index (χ0v) is 16.6. The molecule has 1 atom stereocenters. The van der Waals surface area contributed by atoms with Crippen LogP contribution in [-0.4, -0.2) is 30.9 Å². The Morgan fingerprint density at radius 2 is 1.70 bits per heavy atom. The van der Waals surface area contributed by atoms with Gasteiger partial charge in [0.25, 0.3) is 6.29 Å². The third-order valence-corrected chi connectivity index (χ3v) is 3.59. The summed E-state index contributed by atoms with van der Waals surface area (Å²) in [6.45, 7) is 5.65. The molecule has 1 amide bonds. The highest BCUT2D eigenvalue weighted by Crippen LogP contribution is 2.16. The number of carbonyl (C=O) groups is 3. The van der Waals surface area contributed by atoms with Gasteiger partial charge in [0.15, 0.2) is 0 Å². The van der Waals surface area contributed by atoms with Crippen LogP contribution >= 0.6 is 11.6 Å². The highest BCUT2D eigenvalue weighted by molar-refractivity contribution is 6.30.